The Balaban J connectivity index is 2.43. The molecule has 102 valence electrons. The van der Waals surface area contributed by atoms with Crippen molar-refractivity contribution in [3.05, 3.63) is 28.2 Å². The molecule has 2 nitrogen and oxygen atoms in total. The fourth-order valence-electron chi connectivity index (χ4n) is 1.87. The Morgan fingerprint density at radius 2 is 1.94 bits per heavy atom. The van der Waals surface area contributed by atoms with Crippen LogP contribution in [0.4, 0.5) is 0 Å². The number of unbranched alkanes of at least 4 members (excludes halogenated alkanes) is 4. The lowest BCUT2D eigenvalue weighted by Crippen LogP contribution is -2.02. The molecule has 0 bridgehead atoms. The van der Waals surface area contributed by atoms with Gasteiger partial charge >= 0.3 is 0 Å². The first-order valence-corrected chi connectivity index (χ1v) is 7.54. The van der Waals surface area contributed by atoms with Gasteiger partial charge in [-0.25, -0.2) is 0 Å². The molecular weight excluding hydrogens is 292 g/mol. The molecule has 1 atom stereocenters. The number of aliphatic hydroxyl groups excluding tert-OH is 1. The van der Waals surface area contributed by atoms with Crippen molar-refractivity contribution in [2.45, 2.75) is 52.1 Å². The molecule has 0 unspecified atom stereocenters. The second-order valence-electron chi connectivity index (χ2n) is 4.62. The van der Waals surface area contributed by atoms with Crippen LogP contribution in [0.5, 0.6) is 5.75 Å². The molecule has 3 heteroatoms. The van der Waals surface area contributed by atoms with Crippen LogP contribution in [0.2, 0.25) is 0 Å². The molecule has 0 amide bonds. The van der Waals surface area contributed by atoms with E-state index in [-0.39, 0.29) is 0 Å². The number of hydrogen-bond acceptors (Lipinski definition) is 2. The highest BCUT2D eigenvalue weighted by molar-refractivity contribution is 9.10. The van der Waals surface area contributed by atoms with Gasteiger partial charge in [-0.05, 0) is 25.5 Å². The molecule has 0 aliphatic carbocycles. The molecule has 0 heterocycles. The van der Waals surface area contributed by atoms with Crippen LogP contribution in [0.25, 0.3) is 0 Å². The summed E-state index contributed by atoms with van der Waals surface area (Å²) in [4.78, 5) is 0. The van der Waals surface area contributed by atoms with Crippen molar-refractivity contribution >= 4 is 15.9 Å². The molecule has 1 rings (SSSR count). The van der Waals surface area contributed by atoms with Crippen LogP contribution in [0.15, 0.2) is 22.7 Å². The van der Waals surface area contributed by atoms with Crippen molar-refractivity contribution in [1.29, 1.82) is 0 Å². The summed E-state index contributed by atoms with van der Waals surface area (Å²) in [5.41, 5.74) is 0.853. The van der Waals surface area contributed by atoms with E-state index in [1.165, 1.54) is 25.7 Å². The summed E-state index contributed by atoms with van der Waals surface area (Å²) in [6.45, 7) is 4.70. The minimum Gasteiger partial charge on any atom is -0.493 e. The van der Waals surface area contributed by atoms with E-state index in [9.17, 15) is 5.11 Å². The fraction of sp³-hybridized carbons (Fsp3) is 0.600. The van der Waals surface area contributed by atoms with Crippen molar-refractivity contribution in [3.63, 3.8) is 0 Å². The number of halogens is 1. The van der Waals surface area contributed by atoms with Gasteiger partial charge in [-0.15, -0.1) is 0 Å². The summed E-state index contributed by atoms with van der Waals surface area (Å²) < 4.78 is 6.75. The average molecular weight is 315 g/mol. The zero-order valence-corrected chi connectivity index (χ0v) is 12.9. The van der Waals surface area contributed by atoms with Gasteiger partial charge < -0.3 is 9.84 Å². The summed E-state index contributed by atoms with van der Waals surface area (Å²) in [6, 6.07) is 5.76. The van der Waals surface area contributed by atoms with Gasteiger partial charge in [0.1, 0.15) is 5.75 Å². The van der Waals surface area contributed by atoms with Gasteiger partial charge in [0.25, 0.3) is 0 Å². The van der Waals surface area contributed by atoms with E-state index in [0.29, 0.717) is 0 Å². The van der Waals surface area contributed by atoms with Crippen LogP contribution in [0, 0.1) is 0 Å². The van der Waals surface area contributed by atoms with Crippen LogP contribution in [-0.4, -0.2) is 11.7 Å². The highest BCUT2D eigenvalue weighted by atomic mass is 79.9. The van der Waals surface area contributed by atoms with Gasteiger partial charge in [0.15, 0.2) is 0 Å². The minimum absolute atomic E-state index is 0.492. The summed E-state index contributed by atoms with van der Waals surface area (Å²) in [5, 5.41) is 9.67. The van der Waals surface area contributed by atoms with Crippen molar-refractivity contribution in [2.75, 3.05) is 6.61 Å². The molecule has 0 aliphatic heterocycles. The van der Waals surface area contributed by atoms with Gasteiger partial charge in [0, 0.05) is 10.0 Å². The first kappa shape index (κ1) is 15.5. The monoisotopic (exact) mass is 314 g/mol. The number of benzene rings is 1. The molecule has 1 aromatic carbocycles. The molecule has 1 aromatic rings. The Morgan fingerprint density at radius 3 is 2.61 bits per heavy atom. The molecular formula is C15H23BrO2. The topological polar surface area (TPSA) is 29.5 Å². The Morgan fingerprint density at radius 1 is 1.22 bits per heavy atom. The van der Waals surface area contributed by atoms with E-state index in [4.69, 9.17) is 4.74 Å². The summed E-state index contributed by atoms with van der Waals surface area (Å²) in [7, 11) is 0. The summed E-state index contributed by atoms with van der Waals surface area (Å²) in [5.74, 6) is 0.787. The SMILES string of the molecule is CCCCCCCOc1cc(Br)ccc1[C@H](C)O. The highest BCUT2D eigenvalue weighted by Gasteiger charge is 2.09. The Hall–Kier alpha value is -0.540. The lowest BCUT2D eigenvalue weighted by molar-refractivity contribution is 0.190. The molecule has 0 saturated carbocycles. The summed E-state index contributed by atoms with van der Waals surface area (Å²) >= 11 is 3.43. The van der Waals surface area contributed by atoms with Crippen LogP contribution in [0.1, 0.15) is 57.6 Å². The van der Waals surface area contributed by atoms with Gasteiger partial charge in [0.05, 0.1) is 12.7 Å². The van der Waals surface area contributed by atoms with Crippen molar-refractivity contribution < 1.29 is 9.84 Å². The third-order valence-electron chi connectivity index (χ3n) is 2.93. The summed E-state index contributed by atoms with van der Waals surface area (Å²) in [6.07, 6.45) is 5.64. The van der Waals surface area contributed by atoms with E-state index in [2.05, 4.69) is 22.9 Å². The molecule has 1 N–H and O–H groups in total. The maximum absolute atomic E-state index is 9.67. The fourth-order valence-corrected chi connectivity index (χ4v) is 2.21. The predicted octanol–water partition coefficient (Wildman–Crippen LogP) is 4.85. The van der Waals surface area contributed by atoms with E-state index in [1.807, 2.05) is 18.2 Å². The molecule has 0 saturated heterocycles. The quantitative estimate of drug-likeness (QED) is 0.695. The standard InChI is InChI=1S/C15H23BrO2/c1-3-4-5-6-7-10-18-15-11-13(16)8-9-14(15)12(2)17/h8-9,11-12,17H,3-7,10H2,1-2H3/t12-/m0/s1. The maximum Gasteiger partial charge on any atom is 0.126 e. The molecule has 0 fully saturated rings. The first-order valence-electron chi connectivity index (χ1n) is 6.75. The third-order valence-corrected chi connectivity index (χ3v) is 3.42. The smallest absolute Gasteiger partial charge is 0.126 e. The van der Waals surface area contributed by atoms with Gasteiger partial charge in [-0.1, -0.05) is 54.6 Å². The average Bonchev–Trinajstić information content (AvgIpc) is 2.33. The third kappa shape index (κ3) is 5.40. The van der Waals surface area contributed by atoms with E-state index < -0.39 is 6.10 Å². The van der Waals surface area contributed by atoms with E-state index >= 15 is 0 Å². The molecule has 0 aliphatic rings. The zero-order valence-electron chi connectivity index (χ0n) is 11.3. The molecule has 0 radical (unpaired) electrons. The number of rotatable bonds is 8. The first-order chi connectivity index (χ1) is 8.65. The largest absolute Gasteiger partial charge is 0.493 e. The number of hydrogen-bond donors (Lipinski definition) is 1. The highest BCUT2D eigenvalue weighted by Crippen LogP contribution is 2.28. The van der Waals surface area contributed by atoms with Crippen LogP contribution in [-0.2, 0) is 0 Å². The second kappa shape index (κ2) is 8.54. The Labute approximate surface area is 118 Å². The van der Waals surface area contributed by atoms with Crippen molar-refractivity contribution in [2.24, 2.45) is 0 Å². The lowest BCUT2D eigenvalue weighted by atomic mass is 10.1. The lowest BCUT2D eigenvalue weighted by Gasteiger charge is -2.13. The van der Waals surface area contributed by atoms with Gasteiger partial charge in [-0.3, -0.25) is 0 Å². The van der Waals surface area contributed by atoms with Gasteiger partial charge in [0.2, 0.25) is 0 Å². The predicted molar refractivity (Wildman–Crippen MR) is 79.0 cm³/mol. The number of ether oxygens (including phenoxy) is 1. The van der Waals surface area contributed by atoms with E-state index in [0.717, 1.165) is 28.8 Å². The maximum atomic E-state index is 9.67. The zero-order chi connectivity index (χ0) is 13.4. The van der Waals surface area contributed by atoms with Crippen LogP contribution >= 0.6 is 15.9 Å². The number of aliphatic hydroxyl groups is 1. The molecule has 18 heavy (non-hydrogen) atoms. The minimum atomic E-state index is -0.492. The van der Waals surface area contributed by atoms with Crippen LogP contribution in [0.3, 0.4) is 0 Å². The Bertz CT molecular complexity index is 350. The van der Waals surface area contributed by atoms with E-state index in [1.54, 1.807) is 6.92 Å². The molecule has 0 spiro atoms. The van der Waals surface area contributed by atoms with Crippen LogP contribution < -0.4 is 4.74 Å². The van der Waals surface area contributed by atoms with Crippen molar-refractivity contribution in [3.8, 4) is 5.75 Å². The second-order valence-corrected chi connectivity index (χ2v) is 5.54. The van der Waals surface area contributed by atoms with Crippen molar-refractivity contribution in [1.82, 2.24) is 0 Å². The van der Waals surface area contributed by atoms with Gasteiger partial charge in [-0.2, -0.15) is 0 Å². The molecule has 0 aromatic heterocycles. The Kier molecular flexibility index (Phi) is 7.36. The normalized spacial score (nSPS) is 12.4.